The van der Waals surface area contributed by atoms with Crippen molar-refractivity contribution in [2.75, 3.05) is 52.7 Å². The monoisotopic (exact) mass is 562 g/mol. The number of fused-ring (bicyclic) bond motifs is 1. The second-order valence-corrected chi connectivity index (χ2v) is 12.7. The second kappa shape index (κ2) is 11.5. The summed E-state index contributed by atoms with van der Waals surface area (Å²) in [6, 6.07) is 5.79. The highest BCUT2D eigenvalue weighted by atomic mass is 32.2. The summed E-state index contributed by atoms with van der Waals surface area (Å²) < 4.78 is 32.4. The number of nitrogens with zero attached hydrogens (tertiary/aromatic N) is 3. The lowest BCUT2D eigenvalue weighted by Gasteiger charge is -2.29. The Morgan fingerprint density at radius 3 is 2.34 bits per heavy atom. The van der Waals surface area contributed by atoms with Crippen LogP contribution in [-0.2, 0) is 32.5 Å². The average molecular weight is 563 g/mol. The first-order valence-corrected chi connectivity index (χ1v) is 14.9. The Bertz CT molecular complexity index is 1310. The summed E-state index contributed by atoms with van der Waals surface area (Å²) in [5, 5.41) is 3.42. The van der Waals surface area contributed by atoms with Crippen LogP contribution in [0.3, 0.4) is 0 Å². The number of hydrogen-bond acceptors (Lipinski definition) is 8. The third-order valence-electron chi connectivity index (χ3n) is 7.17. The van der Waals surface area contributed by atoms with E-state index >= 15 is 0 Å². The number of rotatable bonds is 7. The van der Waals surface area contributed by atoms with Crippen molar-refractivity contribution in [3.63, 3.8) is 0 Å². The Morgan fingerprint density at radius 2 is 1.76 bits per heavy atom. The van der Waals surface area contributed by atoms with E-state index in [9.17, 15) is 22.8 Å². The number of piperidine rings is 1. The summed E-state index contributed by atoms with van der Waals surface area (Å²) in [5.41, 5.74) is 1.82. The molecule has 0 bridgehead atoms. The Kier molecular flexibility index (Phi) is 8.55. The van der Waals surface area contributed by atoms with Crippen molar-refractivity contribution in [3.05, 3.63) is 45.8 Å². The first kappa shape index (κ1) is 28.2. The molecule has 38 heavy (non-hydrogen) atoms. The molecule has 10 nitrogen and oxygen atoms in total. The lowest BCUT2D eigenvalue weighted by Crippen LogP contribution is -2.40. The van der Waals surface area contributed by atoms with Crippen LogP contribution >= 0.6 is 11.3 Å². The van der Waals surface area contributed by atoms with Gasteiger partial charge in [0.1, 0.15) is 5.00 Å². The fourth-order valence-electron chi connectivity index (χ4n) is 4.87. The molecule has 0 aliphatic carbocycles. The molecule has 2 aliphatic heterocycles. The van der Waals surface area contributed by atoms with Crippen LogP contribution in [0.1, 0.15) is 50.9 Å². The molecular formula is C26H34N4O6S2. The quantitative estimate of drug-likeness (QED) is 0.516. The van der Waals surface area contributed by atoms with Crippen molar-refractivity contribution in [1.82, 2.24) is 14.1 Å². The Balaban J connectivity index is 1.50. The molecule has 0 unspecified atom stereocenters. The topological polar surface area (TPSA) is 116 Å². The van der Waals surface area contributed by atoms with Gasteiger partial charge in [-0.1, -0.05) is 6.92 Å². The van der Waals surface area contributed by atoms with Gasteiger partial charge >= 0.3 is 5.97 Å². The molecule has 12 heteroatoms. The molecule has 1 aromatic carbocycles. The number of likely N-dealkylation sites (N-methyl/N-ethyl adjacent to an activating group) is 1. The predicted octanol–water partition coefficient (Wildman–Crippen LogP) is 2.65. The summed E-state index contributed by atoms with van der Waals surface area (Å²) in [6.07, 6.45) is 1.55. The van der Waals surface area contributed by atoms with Gasteiger partial charge in [-0.05, 0) is 55.6 Å². The first-order chi connectivity index (χ1) is 18.1. The van der Waals surface area contributed by atoms with Gasteiger partial charge in [-0.3, -0.25) is 19.3 Å². The van der Waals surface area contributed by atoms with Crippen molar-refractivity contribution >= 4 is 44.1 Å². The lowest BCUT2D eigenvalue weighted by atomic mass is 9.99. The number of sulfonamides is 1. The maximum Gasteiger partial charge on any atom is 0.308 e. The second-order valence-electron chi connectivity index (χ2n) is 9.71. The number of carbonyl (C=O) groups excluding carboxylic acids is 3. The molecule has 4 rings (SSSR count). The molecule has 1 N–H and O–H groups in total. The first-order valence-electron chi connectivity index (χ1n) is 12.6. The van der Waals surface area contributed by atoms with Gasteiger partial charge in [-0.25, -0.2) is 8.42 Å². The number of ether oxygens (including phenoxy) is 1. The molecule has 2 aliphatic rings. The Labute approximate surface area is 227 Å². The third kappa shape index (κ3) is 5.63. The highest BCUT2D eigenvalue weighted by molar-refractivity contribution is 7.89. The number of amides is 2. The van der Waals surface area contributed by atoms with Crippen molar-refractivity contribution in [2.24, 2.45) is 5.92 Å². The van der Waals surface area contributed by atoms with Gasteiger partial charge in [0.15, 0.2) is 0 Å². The van der Waals surface area contributed by atoms with E-state index in [-0.39, 0.29) is 41.3 Å². The van der Waals surface area contributed by atoms with Crippen LogP contribution in [0.2, 0.25) is 0 Å². The van der Waals surface area contributed by atoms with Gasteiger partial charge in [0.05, 0.1) is 23.5 Å². The number of carbonyl (C=O) groups is 3. The van der Waals surface area contributed by atoms with E-state index in [1.54, 1.807) is 14.1 Å². The van der Waals surface area contributed by atoms with E-state index in [1.165, 1.54) is 51.9 Å². The maximum atomic E-state index is 13.1. The average Bonchev–Trinajstić information content (AvgIpc) is 3.28. The molecule has 1 fully saturated rings. The highest BCUT2D eigenvalue weighted by Crippen LogP contribution is 2.38. The maximum absolute atomic E-state index is 13.1. The van der Waals surface area contributed by atoms with Crippen molar-refractivity contribution in [1.29, 1.82) is 0 Å². The summed E-state index contributed by atoms with van der Waals surface area (Å²) in [5.74, 6) is -1.18. The molecule has 1 aromatic heterocycles. The number of hydrogen-bond donors (Lipinski definition) is 1. The van der Waals surface area contributed by atoms with E-state index in [0.29, 0.717) is 23.4 Å². The van der Waals surface area contributed by atoms with Gasteiger partial charge in [0.2, 0.25) is 10.0 Å². The van der Waals surface area contributed by atoms with E-state index in [1.807, 2.05) is 0 Å². The van der Waals surface area contributed by atoms with Crippen LogP contribution in [0.5, 0.6) is 0 Å². The molecule has 0 saturated carbocycles. The molecule has 0 radical (unpaired) electrons. The fourth-order valence-corrected chi connectivity index (χ4v) is 7.61. The SMILES string of the molecule is CCN1CCc2c(sc(NC(=O)c3ccc(S(=O)(=O)N4CCC(C(=O)OC)CC4)cc3)c2C(=O)N(C)C)C1. The fraction of sp³-hybridized carbons (Fsp3) is 0.500. The summed E-state index contributed by atoms with van der Waals surface area (Å²) in [4.78, 5) is 42.9. The largest absolute Gasteiger partial charge is 0.469 e. The molecule has 2 amide bonds. The standard InChI is InChI=1S/C26H34N4O6S2/c1-5-29-13-12-20-21(16-29)37-24(22(20)25(32)28(2)3)27-23(31)17-6-8-19(9-7-17)38(34,35)30-14-10-18(11-15-30)26(33)36-4/h6-9,18H,5,10-16H2,1-4H3,(H,27,31). The van der Waals surface area contributed by atoms with Gasteiger partial charge in [-0.15, -0.1) is 11.3 Å². The number of nitrogens with one attached hydrogen (secondary N) is 1. The van der Waals surface area contributed by atoms with Gasteiger partial charge in [0.25, 0.3) is 11.8 Å². The minimum absolute atomic E-state index is 0.0836. The molecule has 2 aromatic rings. The third-order valence-corrected chi connectivity index (χ3v) is 10.2. The van der Waals surface area contributed by atoms with Crippen LogP contribution in [0.15, 0.2) is 29.2 Å². The van der Waals surface area contributed by atoms with Gasteiger partial charge in [0, 0.05) is 50.7 Å². The minimum atomic E-state index is -3.76. The molecule has 3 heterocycles. The number of thiophene rings is 1. The summed E-state index contributed by atoms with van der Waals surface area (Å²) >= 11 is 1.42. The summed E-state index contributed by atoms with van der Waals surface area (Å²) in [7, 11) is 0.952. The molecule has 0 spiro atoms. The number of anilines is 1. The summed E-state index contributed by atoms with van der Waals surface area (Å²) in [6.45, 7) is 5.06. The van der Waals surface area contributed by atoms with Crippen LogP contribution in [0.4, 0.5) is 5.00 Å². The van der Waals surface area contributed by atoms with E-state index < -0.39 is 15.9 Å². The van der Waals surface area contributed by atoms with Crippen molar-refractivity contribution in [2.45, 2.75) is 37.6 Å². The number of methoxy groups -OCH3 is 1. The zero-order chi connectivity index (χ0) is 27.6. The van der Waals surface area contributed by atoms with E-state index in [4.69, 9.17) is 4.74 Å². The number of benzene rings is 1. The lowest BCUT2D eigenvalue weighted by molar-refractivity contribution is -0.146. The van der Waals surface area contributed by atoms with E-state index in [2.05, 4.69) is 17.1 Å². The minimum Gasteiger partial charge on any atom is -0.469 e. The van der Waals surface area contributed by atoms with E-state index in [0.717, 1.165) is 36.5 Å². The van der Waals surface area contributed by atoms with Crippen LogP contribution in [-0.4, -0.2) is 87.7 Å². The molecule has 206 valence electrons. The van der Waals surface area contributed by atoms with Crippen LogP contribution in [0.25, 0.3) is 0 Å². The zero-order valence-electron chi connectivity index (χ0n) is 22.2. The van der Waals surface area contributed by atoms with Crippen molar-refractivity contribution in [3.8, 4) is 0 Å². The van der Waals surface area contributed by atoms with Crippen molar-refractivity contribution < 1.29 is 27.5 Å². The normalized spacial score (nSPS) is 17.1. The van der Waals surface area contributed by atoms with Gasteiger partial charge in [-0.2, -0.15) is 4.31 Å². The molecule has 0 atom stereocenters. The molecule has 1 saturated heterocycles. The predicted molar refractivity (Wildman–Crippen MR) is 145 cm³/mol. The zero-order valence-corrected chi connectivity index (χ0v) is 23.8. The van der Waals surface area contributed by atoms with Crippen LogP contribution < -0.4 is 5.32 Å². The Morgan fingerprint density at radius 1 is 1.11 bits per heavy atom. The Hall–Kier alpha value is -2.80. The smallest absolute Gasteiger partial charge is 0.308 e. The highest BCUT2D eigenvalue weighted by Gasteiger charge is 2.33. The van der Waals surface area contributed by atoms with Crippen LogP contribution in [0, 0.1) is 5.92 Å². The number of esters is 1. The molecular weight excluding hydrogens is 528 g/mol. The van der Waals surface area contributed by atoms with Gasteiger partial charge < -0.3 is 15.0 Å².